The third-order valence-corrected chi connectivity index (χ3v) is 7.11. The van der Waals surface area contributed by atoms with Gasteiger partial charge in [0.25, 0.3) is 17.7 Å². The van der Waals surface area contributed by atoms with Crippen molar-refractivity contribution in [3.05, 3.63) is 54.1 Å². The molecule has 5 amide bonds. The van der Waals surface area contributed by atoms with Crippen molar-refractivity contribution in [1.29, 1.82) is 0 Å². The van der Waals surface area contributed by atoms with Crippen molar-refractivity contribution in [2.45, 2.75) is 24.4 Å². The summed E-state index contributed by atoms with van der Waals surface area (Å²) in [5, 5.41) is 4.28. The van der Waals surface area contributed by atoms with E-state index in [2.05, 4.69) is 15.4 Å². The van der Waals surface area contributed by atoms with Gasteiger partial charge in [-0.05, 0) is 42.0 Å². The fourth-order valence-electron chi connectivity index (χ4n) is 5.25. The van der Waals surface area contributed by atoms with E-state index >= 15 is 0 Å². The van der Waals surface area contributed by atoms with Crippen LogP contribution < -0.4 is 20.1 Å². The number of benzene rings is 2. The lowest BCUT2D eigenvalue weighted by Crippen LogP contribution is -2.80. The lowest BCUT2D eigenvalue weighted by atomic mass is 9.78. The van der Waals surface area contributed by atoms with E-state index < -0.39 is 59.6 Å². The number of hydrogen-bond acceptors (Lipinski definition) is 10. The number of imide groups is 2. The fraction of sp³-hybridized carbons (Fsp3) is 0.370. The van der Waals surface area contributed by atoms with Crippen LogP contribution in [0.3, 0.4) is 0 Å². The monoisotopic (exact) mass is 606 g/mol. The van der Waals surface area contributed by atoms with Crippen molar-refractivity contribution < 1.29 is 56.1 Å². The SMILES string of the molecule is CC(=O)OCC(=O)N1CCOC2(C1)CN(C1(c3ccc(Oc4ccc(OC(F)(F)F)cc4)cc3)C(=O)NC(=O)NC1=O)C2. The average Bonchev–Trinajstić information content (AvgIpc) is 2.92. The van der Waals surface area contributed by atoms with Crippen LogP contribution in [-0.2, 0) is 34.2 Å². The van der Waals surface area contributed by atoms with E-state index in [9.17, 15) is 37.1 Å². The average molecular weight is 607 g/mol. The second-order valence-corrected chi connectivity index (χ2v) is 10.1. The van der Waals surface area contributed by atoms with Gasteiger partial charge in [-0.2, -0.15) is 0 Å². The Hall–Kier alpha value is -4.70. The maximum absolute atomic E-state index is 13.4. The largest absolute Gasteiger partial charge is 0.573 e. The third kappa shape index (κ3) is 6.10. The molecule has 16 heteroatoms. The van der Waals surface area contributed by atoms with Crippen LogP contribution in [0.15, 0.2) is 48.5 Å². The lowest BCUT2D eigenvalue weighted by Gasteiger charge is -2.58. The molecule has 0 aliphatic carbocycles. The minimum Gasteiger partial charge on any atom is -0.457 e. The highest BCUT2D eigenvalue weighted by Crippen LogP contribution is 2.42. The number of nitrogens with one attached hydrogen (secondary N) is 2. The number of alkyl halides is 3. The molecule has 0 bridgehead atoms. The lowest BCUT2D eigenvalue weighted by molar-refractivity contribution is -0.274. The van der Waals surface area contributed by atoms with Crippen molar-refractivity contribution in [1.82, 2.24) is 20.4 Å². The Bertz CT molecular complexity index is 1420. The number of urea groups is 1. The van der Waals surface area contributed by atoms with Gasteiger partial charge in [-0.15, -0.1) is 13.2 Å². The highest BCUT2D eigenvalue weighted by Gasteiger charge is 2.63. The number of halogens is 3. The van der Waals surface area contributed by atoms with Crippen LogP contribution in [0.2, 0.25) is 0 Å². The smallest absolute Gasteiger partial charge is 0.457 e. The molecule has 228 valence electrons. The number of likely N-dealkylation sites (tertiary alicyclic amines) is 1. The van der Waals surface area contributed by atoms with E-state index in [0.29, 0.717) is 0 Å². The van der Waals surface area contributed by atoms with Crippen molar-refractivity contribution in [3.63, 3.8) is 0 Å². The van der Waals surface area contributed by atoms with E-state index in [1.165, 1.54) is 53.1 Å². The normalized spacial score (nSPS) is 19.6. The number of nitrogens with zero attached hydrogens (tertiary/aromatic N) is 2. The number of carbonyl (C=O) groups excluding carboxylic acids is 5. The number of esters is 1. The molecule has 2 N–H and O–H groups in total. The molecule has 0 saturated carbocycles. The number of ether oxygens (including phenoxy) is 4. The van der Waals surface area contributed by atoms with E-state index in [1.54, 1.807) is 0 Å². The zero-order valence-electron chi connectivity index (χ0n) is 22.6. The zero-order valence-corrected chi connectivity index (χ0v) is 22.6. The van der Waals surface area contributed by atoms with Crippen LogP contribution in [0.1, 0.15) is 12.5 Å². The molecular weight excluding hydrogens is 581 g/mol. The number of morpholine rings is 1. The molecule has 3 aliphatic heterocycles. The molecule has 3 saturated heterocycles. The maximum Gasteiger partial charge on any atom is 0.573 e. The number of hydrogen-bond donors (Lipinski definition) is 2. The van der Waals surface area contributed by atoms with E-state index in [4.69, 9.17) is 14.2 Å². The zero-order chi connectivity index (χ0) is 31.0. The summed E-state index contributed by atoms with van der Waals surface area (Å²) >= 11 is 0. The van der Waals surface area contributed by atoms with Crippen LogP contribution in [-0.4, -0.2) is 90.9 Å². The van der Waals surface area contributed by atoms with E-state index in [1.807, 2.05) is 0 Å². The number of rotatable bonds is 7. The van der Waals surface area contributed by atoms with Crippen LogP contribution in [0.4, 0.5) is 18.0 Å². The summed E-state index contributed by atoms with van der Waals surface area (Å²) in [5.74, 6) is -2.76. The second-order valence-electron chi connectivity index (χ2n) is 10.1. The molecule has 13 nitrogen and oxygen atoms in total. The van der Waals surface area contributed by atoms with Gasteiger partial charge in [0.2, 0.25) is 5.54 Å². The molecule has 2 aromatic rings. The van der Waals surface area contributed by atoms with E-state index in [-0.39, 0.29) is 49.8 Å². The van der Waals surface area contributed by atoms with Crippen molar-refractivity contribution in [2.24, 2.45) is 0 Å². The second kappa shape index (κ2) is 11.2. The van der Waals surface area contributed by atoms with Gasteiger partial charge in [0, 0.05) is 26.6 Å². The minimum atomic E-state index is -4.84. The molecular formula is C27H25F3N4O9. The molecule has 3 heterocycles. The summed E-state index contributed by atoms with van der Waals surface area (Å²) in [4.78, 5) is 65.3. The summed E-state index contributed by atoms with van der Waals surface area (Å²) in [6.45, 7) is 1.43. The molecule has 0 radical (unpaired) electrons. The Balaban J connectivity index is 1.33. The van der Waals surface area contributed by atoms with Crippen LogP contribution in [0.25, 0.3) is 0 Å². The summed E-state index contributed by atoms with van der Waals surface area (Å²) < 4.78 is 57.5. The van der Waals surface area contributed by atoms with Gasteiger partial charge in [0.15, 0.2) is 6.61 Å². The van der Waals surface area contributed by atoms with Crippen LogP contribution in [0.5, 0.6) is 17.2 Å². The summed E-state index contributed by atoms with van der Waals surface area (Å²) in [5.41, 5.74) is -2.68. The minimum absolute atomic E-state index is 0.0456. The van der Waals surface area contributed by atoms with Crippen molar-refractivity contribution >= 4 is 29.7 Å². The Morgan fingerprint density at radius 3 is 2.02 bits per heavy atom. The van der Waals surface area contributed by atoms with Gasteiger partial charge >= 0.3 is 18.4 Å². The number of carbonyl (C=O) groups is 5. The number of amides is 5. The topological polar surface area (TPSA) is 153 Å². The molecule has 0 unspecified atom stereocenters. The molecule has 1 spiro atoms. The number of barbiturate groups is 1. The maximum atomic E-state index is 13.4. The summed E-state index contributed by atoms with van der Waals surface area (Å²) in [6, 6.07) is 9.54. The first-order valence-corrected chi connectivity index (χ1v) is 12.9. The van der Waals surface area contributed by atoms with Gasteiger partial charge in [-0.3, -0.25) is 34.7 Å². The molecule has 0 aromatic heterocycles. The highest BCUT2D eigenvalue weighted by molar-refractivity contribution is 6.22. The summed E-state index contributed by atoms with van der Waals surface area (Å²) in [7, 11) is 0. The Morgan fingerprint density at radius 1 is 0.907 bits per heavy atom. The van der Waals surface area contributed by atoms with Crippen molar-refractivity contribution in [3.8, 4) is 17.2 Å². The van der Waals surface area contributed by atoms with Crippen LogP contribution >= 0.6 is 0 Å². The van der Waals surface area contributed by atoms with Crippen molar-refractivity contribution in [2.75, 3.05) is 39.4 Å². The third-order valence-electron chi connectivity index (χ3n) is 7.11. The highest BCUT2D eigenvalue weighted by atomic mass is 19.4. The predicted molar refractivity (Wildman–Crippen MR) is 136 cm³/mol. The standard InChI is InChI=1S/C27H25F3N4O9/c1-16(35)40-12-21(36)33-10-11-41-25(13-33)14-34(15-25)26(22(37)31-24(39)32-23(26)38)17-2-4-18(5-3-17)42-19-6-8-20(9-7-19)43-27(28,29)30/h2-9H,10-15H2,1H3,(H2,31,32,37,38,39). The van der Waals surface area contributed by atoms with Gasteiger partial charge in [-0.25, -0.2) is 4.79 Å². The van der Waals surface area contributed by atoms with Gasteiger partial charge in [0.1, 0.15) is 22.8 Å². The van der Waals surface area contributed by atoms with Gasteiger partial charge in [0.05, 0.1) is 13.2 Å². The molecule has 43 heavy (non-hydrogen) atoms. The van der Waals surface area contributed by atoms with Crippen LogP contribution in [0, 0.1) is 0 Å². The molecule has 2 aromatic carbocycles. The van der Waals surface area contributed by atoms with Gasteiger partial charge in [-0.1, -0.05) is 12.1 Å². The Kier molecular flexibility index (Phi) is 7.74. The first-order chi connectivity index (χ1) is 20.3. The quantitative estimate of drug-likeness (QED) is 0.350. The molecule has 3 aliphatic rings. The predicted octanol–water partition coefficient (Wildman–Crippen LogP) is 1.42. The summed E-state index contributed by atoms with van der Waals surface area (Å²) in [6.07, 6.45) is -4.84. The van der Waals surface area contributed by atoms with E-state index in [0.717, 1.165) is 12.1 Å². The molecule has 5 rings (SSSR count). The molecule has 0 atom stereocenters. The van der Waals surface area contributed by atoms with Gasteiger partial charge < -0.3 is 23.8 Å². The Morgan fingerprint density at radius 2 is 1.47 bits per heavy atom. The first kappa shape index (κ1) is 29.8. The Labute approximate surface area is 241 Å². The first-order valence-electron chi connectivity index (χ1n) is 12.9. The fourth-order valence-corrected chi connectivity index (χ4v) is 5.25. The molecule has 3 fully saturated rings.